The molecule has 0 atom stereocenters. The molecule has 2 aromatic rings. The monoisotopic (exact) mass is 332 g/mol. The number of benzene rings is 2. The molecule has 0 aliphatic carbocycles. The van der Waals surface area contributed by atoms with E-state index in [0.29, 0.717) is 11.6 Å². The van der Waals surface area contributed by atoms with Crippen LogP contribution in [0.5, 0.6) is 5.75 Å². The van der Waals surface area contributed by atoms with Crippen LogP contribution < -0.4 is 4.74 Å². The zero-order chi connectivity index (χ0) is 16.3. The Morgan fingerprint density at radius 1 is 1.14 bits per heavy atom. The summed E-state index contributed by atoms with van der Waals surface area (Å²) in [5, 5.41) is -0.225. The molecule has 0 saturated carbocycles. The van der Waals surface area contributed by atoms with Gasteiger partial charge in [-0.15, -0.1) is 0 Å². The summed E-state index contributed by atoms with van der Waals surface area (Å²) >= 11 is 5.63. The summed E-state index contributed by atoms with van der Waals surface area (Å²) in [6.45, 7) is -0.0717. The number of hydrogen-bond donors (Lipinski definition) is 0. The molecule has 2 nitrogen and oxygen atoms in total. The first-order valence-electron chi connectivity index (χ1n) is 6.06. The molecule has 0 radical (unpaired) electrons. The van der Waals surface area contributed by atoms with Crippen molar-refractivity contribution in [1.82, 2.24) is 0 Å². The lowest BCUT2D eigenvalue weighted by atomic mass is 10.1. The van der Waals surface area contributed by atoms with Crippen molar-refractivity contribution in [3.63, 3.8) is 0 Å². The summed E-state index contributed by atoms with van der Waals surface area (Å²) in [4.78, 5) is 11.2. The highest BCUT2D eigenvalue weighted by molar-refractivity contribution is 6.31. The molecule has 0 aliphatic heterocycles. The number of Topliss-reactive ketones (excluding diaryl/α,β-unsaturated/α-hetero) is 1. The van der Waals surface area contributed by atoms with Crippen molar-refractivity contribution in [2.45, 2.75) is 12.8 Å². The molecular weight excluding hydrogens is 324 g/mol. The SMILES string of the molecule is O=C(c1cc(Cl)cc(OCc2ccccc2)c1F)C(F)(F)F. The maximum absolute atomic E-state index is 14.0. The van der Waals surface area contributed by atoms with Gasteiger partial charge in [0.1, 0.15) is 6.61 Å². The predicted octanol–water partition coefficient (Wildman–Crippen LogP) is 4.80. The Kier molecular flexibility index (Phi) is 4.71. The summed E-state index contributed by atoms with van der Waals surface area (Å²) in [5.41, 5.74) is -0.478. The fourth-order valence-corrected chi connectivity index (χ4v) is 1.93. The van der Waals surface area contributed by atoms with Crippen molar-refractivity contribution < 1.29 is 27.1 Å². The van der Waals surface area contributed by atoms with Gasteiger partial charge >= 0.3 is 6.18 Å². The van der Waals surface area contributed by atoms with Gasteiger partial charge in [-0.1, -0.05) is 41.9 Å². The zero-order valence-electron chi connectivity index (χ0n) is 11.0. The number of ether oxygens (including phenoxy) is 1. The third-order valence-corrected chi connectivity index (χ3v) is 2.96. The first-order chi connectivity index (χ1) is 10.3. The van der Waals surface area contributed by atoms with Crippen LogP contribution in [0.4, 0.5) is 17.6 Å². The summed E-state index contributed by atoms with van der Waals surface area (Å²) in [5.74, 6) is -4.20. The molecule has 0 saturated heterocycles. The first kappa shape index (κ1) is 16.3. The second-order valence-corrected chi connectivity index (χ2v) is 4.80. The smallest absolute Gasteiger partial charge is 0.454 e. The molecule has 0 amide bonds. The molecule has 0 fully saturated rings. The van der Waals surface area contributed by atoms with Crippen molar-refractivity contribution in [2.24, 2.45) is 0 Å². The van der Waals surface area contributed by atoms with E-state index in [0.717, 1.165) is 6.07 Å². The third kappa shape index (κ3) is 3.76. The van der Waals surface area contributed by atoms with Crippen LogP contribution in [0.1, 0.15) is 15.9 Å². The Morgan fingerprint density at radius 2 is 1.77 bits per heavy atom. The Bertz CT molecular complexity index is 684. The quantitative estimate of drug-likeness (QED) is 0.593. The Balaban J connectivity index is 2.29. The Hall–Kier alpha value is -2.08. The molecule has 0 bridgehead atoms. The second-order valence-electron chi connectivity index (χ2n) is 4.37. The molecule has 0 unspecified atom stereocenters. The average Bonchev–Trinajstić information content (AvgIpc) is 2.47. The molecule has 2 rings (SSSR count). The number of ketones is 1. The minimum absolute atomic E-state index is 0.0717. The molecule has 22 heavy (non-hydrogen) atoms. The maximum atomic E-state index is 14.0. The van der Waals surface area contributed by atoms with Gasteiger partial charge < -0.3 is 4.74 Å². The van der Waals surface area contributed by atoms with E-state index < -0.39 is 29.1 Å². The van der Waals surface area contributed by atoms with Crippen molar-refractivity contribution in [3.8, 4) is 5.75 Å². The van der Waals surface area contributed by atoms with E-state index in [1.165, 1.54) is 0 Å². The lowest BCUT2D eigenvalue weighted by Crippen LogP contribution is -2.24. The van der Waals surface area contributed by atoms with E-state index in [1.54, 1.807) is 30.3 Å². The highest BCUT2D eigenvalue weighted by Crippen LogP contribution is 2.31. The molecule has 0 N–H and O–H groups in total. The van der Waals surface area contributed by atoms with Crippen LogP contribution in [0.2, 0.25) is 5.02 Å². The van der Waals surface area contributed by atoms with Crippen molar-refractivity contribution in [3.05, 3.63) is 64.4 Å². The first-order valence-corrected chi connectivity index (χ1v) is 6.44. The summed E-state index contributed by atoms with van der Waals surface area (Å²) < 4.78 is 56.4. The Morgan fingerprint density at radius 3 is 2.36 bits per heavy atom. The maximum Gasteiger partial charge on any atom is 0.454 e. The molecule has 2 aromatic carbocycles. The van der Waals surface area contributed by atoms with Crippen molar-refractivity contribution in [2.75, 3.05) is 0 Å². The largest absolute Gasteiger partial charge is 0.486 e. The number of alkyl halides is 3. The van der Waals surface area contributed by atoms with Gasteiger partial charge in [-0.3, -0.25) is 4.79 Å². The van der Waals surface area contributed by atoms with E-state index in [1.807, 2.05) is 0 Å². The summed E-state index contributed by atoms with van der Waals surface area (Å²) in [6.07, 6.45) is -5.19. The van der Waals surface area contributed by atoms with Gasteiger partial charge in [0.15, 0.2) is 11.6 Å². The highest BCUT2D eigenvalue weighted by Gasteiger charge is 2.41. The Labute approximate surface area is 128 Å². The van der Waals surface area contributed by atoms with Gasteiger partial charge in [0.25, 0.3) is 5.78 Å². The van der Waals surface area contributed by atoms with Crippen LogP contribution in [0, 0.1) is 5.82 Å². The van der Waals surface area contributed by atoms with Gasteiger partial charge in [-0.2, -0.15) is 13.2 Å². The van der Waals surface area contributed by atoms with Gasteiger partial charge in [0.2, 0.25) is 0 Å². The molecule has 0 spiro atoms. The summed E-state index contributed by atoms with van der Waals surface area (Å²) in [7, 11) is 0. The fourth-order valence-electron chi connectivity index (χ4n) is 1.72. The van der Waals surface area contributed by atoms with E-state index in [-0.39, 0.29) is 11.6 Å². The number of halogens is 5. The van der Waals surface area contributed by atoms with Gasteiger partial charge in [-0.05, 0) is 11.6 Å². The van der Waals surface area contributed by atoms with E-state index in [2.05, 4.69) is 0 Å². The highest BCUT2D eigenvalue weighted by atomic mass is 35.5. The predicted molar refractivity (Wildman–Crippen MR) is 72.6 cm³/mol. The van der Waals surface area contributed by atoms with Crippen LogP contribution in [0.3, 0.4) is 0 Å². The second kappa shape index (κ2) is 6.36. The molecule has 7 heteroatoms. The zero-order valence-corrected chi connectivity index (χ0v) is 11.7. The van der Waals surface area contributed by atoms with Crippen LogP contribution in [-0.4, -0.2) is 12.0 Å². The normalized spacial score (nSPS) is 11.3. The van der Waals surface area contributed by atoms with E-state index >= 15 is 0 Å². The number of carbonyl (C=O) groups is 1. The van der Waals surface area contributed by atoms with E-state index in [4.69, 9.17) is 16.3 Å². The van der Waals surface area contributed by atoms with Gasteiger partial charge in [0.05, 0.1) is 5.56 Å². The standard InChI is InChI=1S/C15H9ClF4O2/c16-10-6-11(14(21)15(18,19)20)13(17)12(7-10)22-8-9-4-2-1-3-5-9/h1-7H,8H2. The van der Waals surface area contributed by atoms with Crippen LogP contribution in [0.15, 0.2) is 42.5 Å². The van der Waals surface area contributed by atoms with Crippen LogP contribution in [-0.2, 0) is 6.61 Å². The number of carbonyl (C=O) groups excluding carboxylic acids is 1. The van der Waals surface area contributed by atoms with Crippen molar-refractivity contribution in [1.29, 1.82) is 0 Å². The van der Waals surface area contributed by atoms with Gasteiger partial charge in [-0.25, -0.2) is 4.39 Å². The molecular formula is C15H9ClF4O2. The topological polar surface area (TPSA) is 26.3 Å². The molecule has 0 aliphatic rings. The van der Waals surface area contributed by atoms with Crippen molar-refractivity contribution >= 4 is 17.4 Å². The van der Waals surface area contributed by atoms with Crippen LogP contribution >= 0.6 is 11.6 Å². The average molecular weight is 333 g/mol. The lowest BCUT2D eigenvalue weighted by molar-refractivity contribution is -0.0887. The minimum atomic E-state index is -5.19. The van der Waals surface area contributed by atoms with Crippen LogP contribution in [0.25, 0.3) is 0 Å². The number of hydrogen-bond acceptors (Lipinski definition) is 2. The van der Waals surface area contributed by atoms with Gasteiger partial charge in [0, 0.05) is 11.1 Å². The summed E-state index contributed by atoms with van der Waals surface area (Å²) in [6, 6.07) is 10.3. The third-order valence-electron chi connectivity index (χ3n) is 2.74. The molecule has 0 heterocycles. The number of rotatable bonds is 4. The minimum Gasteiger partial charge on any atom is -0.486 e. The molecule has 116 valence electrons. The fraction of sp³-hybridized carbons (Fsp3) is 0.133. The van der Waals surface area contributed by atoms with E-state index in [9.17, 15) is 22.4 Å². The lowest BCUT2D eigenvalue weighted by Gasteiger charge is -2.12. The molecule has 0 aromatic heterocycles.